The van der Waals surface area contributed by atoms with E-state index < -0.39 is 6.03 Å². The largest absolute Gasteiger partial charge is 0.351 e. The SMILES string of the molecule is CN(CCC(=O)NC(N)=O)Cc1cnn(-c2ccccc2)c1. The van der Waals surface area contributed by atoms with Crippen LogP contribution in [-0.4, -0.2) is 40.2 Å². The average Bonchev–Trinajstić information content (AvgIpc) is 2.94. The van der Waals surface area contributed by atoms with Crippen LogP contribution in [0.3, 0.4) is 0 Å². The van der Waals surface area contributed by atoms with Gasteiger partial charge in [0.05, 0.1) is 11.9 Å². The number of primary amides is 1. The smallest absolute Gasteiger partial charge is 0.318 e. The Kier molecular flexibility index (Phi) is 5.26. The van der Waals surface area contributed by atoms with E-state index in [1.165, 1.54) is 0 Å². The van der Waals surface area contributed by atoms with Gasteiger partial charge >= 0.3 is 6.03 Å². The van der Waals surface area contributed by atoms with Crippen LogP contribution in [0.2, 0.25) is 0 Å². The van der Waals surface area contributed by atoms with Crippen molar-refractivity contribution in [1.29, 1.82) is 0 Å². The van der Waals surface area contributed by atoms with Gasteiger partial charge in [0.25, 0.3) is 0 Å². The minimum atomic E-state index is -0.822. The number of hydrogen-bond acceptors (Lipinski definition) is 4. The number of hydrogen-bond donors (Lipinski definition) is 2. The number of nitrogens with two attached hydrogens (primary N) is 1. The van der Waals surface area contributed by atoms with Gasteiger partial charge < -0.3 is 10.6 Å². The van der Waals surface area contributed by atoms with E-state index in [1.807, 2.05) is 58.5 Å². The Morgan fingerprint density at radius 2 is 2.05 bits per heavy atom. The monoisotopic (exact) mass is 301 g/mol. The van der Waals surface area contributed by atoms with Crippen molar-refractivity contribution in [2.24, 2.45) is 5.73 Å². The zero-order valence-electron chi connectivity index (χ0n) is 12.4. The first-order valence-electron chi connectivity index (χ1n) is 6.91. The van der Waals surface area contributed by atoms with Gasteiger partial charge in [-0.1, -0.05) is 18.2 Å². The summed E-state index contributed by atoms with van der Waals surface area (Å²) in [5.74, 6) is -0.376. The predicted molar refractivity (Wildman–Crippen MR) is 82.2 cm³/mol. The third-order valence-corrected chi connectivity index (χ3v) is 3.09. The zero-order valence-corrected chi connectivity index (χ0v) is 12.4. The molecule has 7 nitrogen and oxygen atoms in total. The van der Waals surface area contributed by atoms with Gasteiger partial charge in [0.2, 0.25) is 5.91 Å². The topological polar surface area (TPSA) is 93.2 Å². The fourth-order valence-electron chi connectivity index (χ4n) is 2.05. The van der Waals surface area contributed by atoms with Crippen molar-refractivity contribution >= 4 is 11.9 Å². The molecule has 0 atom stereocenters. The molecular weight excluding hydrogens is 282 g/mol. The maximum Gasteiger partial charge on any atom is 0.318 e. The molecule has 3 amide bonds. The Morgan fingerprint density at radius 1 is 1.32 bits per heavy atom. The number of rotatable bonds is 6. The number of nitrogens with one attached hydrogen (secondary N) is 1. The van der Waals surface area contributed by atoms with Crippen molar-refractivity contribution in [1.82, 2.24) is 20.0 Å². The average molecular weight is 301 g/mol. The summed E-state index contributed by atoms with van der Waals surface area (Å²) >= 11 is 0. The molecule has 0 bridgehead atoms. The standard InChI is InChI=1S/C15H19N5O2/c1-19(8-7-14(21)18-15(16)22)10-12-9-17-20(11-12)13-5-3-2-4-6-13/h2-6,9,11H,7-8,10H2,1H3,(H3,16,18,21,22). The summed E-state index contributed by atoms with van der Waals surface area (Å²) in [6, 6.07) is 9.01. The van der Waals surface area contributed by atoms with Crippen LogP contribution < -0.4 is 11.1 Å². The van der Waals surface area contributed by atoms with Crippen LogP contribution in [0.4, 0.5) is 4.79 Å². The highest BCUT2D eigenvalue weighted by Crippen LogP contribution is 2.09. The molecule has 0 saturated carbocycles. The number of carbonyl (C=O) groups is 2. The van der Waals surface area contributed by atoms with E-state index in [4.69, 9.17) is 5.73 Å². The molecule has 3 N–H and O–H groups in total. The van der Waals surface area contributed by atoms with E-state index in [-0.39, 0.29) is 12.3 Å². The second kappa shape index (κ2) is 7.37. The van der Waals surface area contributed by atoms with E-state index in [0.29, 0.717) is 13.1 Å². The predicted octanol–water partition coefficient (Wildman–Crippen LogP) is 0.889. The van der Waals surface area contributed by atoms with Crippen molar-refractivity contribution in [3.63, 3.8) is 0 Å². The van der Waals surface area contributed by atoms with Crippen molar-refractivity contribution in [3.8, 4) is 5.69 Å². The molecule has 116 valence electrons. The minimum Gasteiger partial charge on any atom is -0.351 e. The highest BCUT2D eigenvalue weighted by molar-refractivity contribution is 5.93. The highest BCUT2D eigenvalue weighted by atomic mass is 16.2. The van der Waals surface area contributed by atoms with Crippen LogP contribution in [0.15, 0.2) is 42.7 Å². The molecule has 0 fully saturated rings. The molecule has 2 rings (SSSR count). The Balaban J connectivity index is 1.85. The minimum absolute atomic E-state index is 0.215. The Hall–Kier alpha value is -2.67. The van der Waals surface area contributed by atoms with Gasteiger partial charge in [-0.15, -0.1) is 0 Å². The summed E-state index contributed by atoms with van der Waals surface area (Å²) in [7, 11) is 1.90. The van der Waals surface area contributed by atoms with Gasteiger partial charge in [0.1, 0.15) is 0 Å². The van der Waals surface area contributed by atoms with Crippen molar-refractivity contribution in [2.75, 3.05) is 13.6 Å². The molecule has 1 heterocycles. The van der Waals surface area contributed by atoms with E-state index >= 15 is 0 Å². The van der Waals surface area contributed by atoms with Gasteiger partial charge in [-0.05, 0) is 19.2 Å². The quantitative estimate of drug-likeness (QED) is 0.828. The molecule has 0 spiro atoms. The van der Waals surface area contributed by atoms with E-state index in [1.54, 1.807) is 6.20 Å². The second-order valence-electron chi connectivity index (χ2n) is 5.03. The number of nitrogens with zero attached hydrogens (tertiary/aromatic N) is 3. The van der Waals surface area contributed by atoms with Crippen molar-refractivity contribution in [2.45, 2.75) is 13.0 Å². The van der Waals surface area contributed by atoms with E-state index in [0.717, 1.165) is 11.3 Å². The molecule has 0 radical (unpaired) electrons. The molecule has 0 aliphatic carbocycles. The number of carbonyl (C=O) groups excluding carboxylic acids is 2. The summed E-state index contributed by atoms with van der Waals surface area (Å²) in [5.41, 5.74) is 6.93. The molecule has 0 saturated heterocycles. The van der Waals surface area contributed by atoms with Crippen LogP contribution in [0.1, 0.15) is 12.0 Å². The molecular formula is C15H19N5O2. The van der Waals surface area contributed by atoms with Gasteiger partial charge in [-0.2, -0.15) is 5.10 Å². The molecule has 1 aromatic heterocycles. The van der Waals surface area contributed by atoms with Crippen LogP contribution >= 0.6 is 0 Å². The van der Waals surface area contributed by atoms with E-state index in [9.17, 15) is 9.59 Å². The molecule has 22 heavy (non-hydrogen) atoms. The summed E-state index contributed by atoms with van der Waals surface area (Å²) < 4.78 is 1.81. The number of urea groups is 1. The molecule has 0 aliphatic rings. The third kappa shape index (κ3) is 4.71. The van der Waals surface area contributed by atoms with Crippen LogP contribution in [-0.2, 0) is 11.3 Å². The van der Waals surface area contributed by atoms with E-state index in [2.05, 4.69) is 5.10 Å². The molecule has 2 aromatic rings. The number of aromatic nitrogens is 2. The lowest BCUT2D eigenvalue weighted by atomic mass is 10.3. The molecule has 0 aliphatic heterocycles. The zero-order chi connectivity index (χ0) is 15.9. The lowest BCUT2D eigenvalue weighted by Crippen LogP contribution is -2.36. The summed E-state index contributed by atoms with van der Waals surface area (Å²) in [5, 5.41) is 6.37. The molecule has 7 heteroatoms. The van der Waals surface area contributed by atoms with Crippen LogP contribution in [0, 0.1) is 0 Å². The lowest BCUT2D eigenvalue weighted by molar-refractivity contribution is -0.120. The van der Waals surface area contributed by atoms with Crippen molar-refractivity contribution < 1.29 is 9.59 Å². The van der Waals surface area contributed by atoms with Crippen LogP contribution in [0.5, 0.6) is 0 Å². The number of amides is 3. The fourth-order valence-corrected chi connectivity index (χ4v) is 2.05. The summed E-state index contributed by atoms with van der Waals surface area (Å²) in [6.45, 7) is 1.19. The second-order valence-corrected chi connectivity index (χ2v) is 5.03. The van der Waals surface area contributed by atoms with Gasteiger partial charge in [0.15, 0.2) is 0 Å². The maximum absolute atomic E-state index is 11.3. The number of para-hydroxylation sites is 1. The lowest BCUT2D eigenvalue weighted by Gasteiger charge is -2.14. The first-order valence-corrected chi connectivity index (χ1v) is 6.91. The fraction of sp³-hybridized carbons (Fsp3) is 0.267. The Morgan fingerprint density at radius 3 is 2.73 bits per heavy atom. The van der Waals surface area contributed by atoms with Crippen molar-refractivity contribution in [3.05, 3.63) is 48.3 Å². The molecule has 1 aromatic carbocycles. The van der Waals surface area contributed by atoms with Crippen LogP contribution in [0.25, 0.3) is 5.69 Å². The van der Waals surface area contributed by atoms with Gasteiger partial charge in [-0.25, -0.2) is 9.48 Å². The highest BCUT2D eigenvalue weighted by Gasteiger charge is 2.08. The number of benzene rings is 1. The summed E-state index contributed by atoms with van der Waals surface area (Å²) in [6.07, 6.45) is 3.97. The third-order valence-electron chi connectivity index (χ3n) is 3.09. The normalized spacial score (nSPS) is 10.6. The summed E-state index contributed by atoms with van der Waals surface area (Å²) in [4.78, 5) is 23.9. The van der Waals surface area contributed by atoms with Gasteiger partial charge in [-0.3, -0.25) is 10.1 Å². The van der Waals surface area contributed by atoms with Gasteiger partial charge in [0, 0.05) is 31.3 Å². The number of imide groups is 1. The maximum atomic E-state index is 11.3. The molecule has 0 unspecified atom stereocenters. The Labute approximate surface area is 128 Å². The first-order chi connectivity index (χ1) is 10.5. The first kappa shape index (κ1) is 15.7. The Bertz CT molecular complexity index is 638.